The van der Waals surface area contributed by atoms with Crippen LogP contribution in [0.15, 0.2) is 18.2 Å². The minimum atomic E-state index is -1.30. The number of nitrogens with one attached hydrogen (secondary N) is 2. The van der Waals surface area contributed by atoms with Crippen molar-refractivity contribution in [2.75, 3.05) is 77.9 Å². The van der Waals surface area contributed by atoms with Gasteiger partial charge in [0.25, 0.3) is 5.91 Å². The van der Waals surface area contributed by atoms with Crippen molar-refractivity contribution >= 4 is 29.4 Å². The number of piperidine rings is 1. The lowest BCUT2D eigenvalue weighted by Crippen LogP contribution is -2.53. The lowest BCUT2D eigenvalue weighted by Gasteiger charge is -2.32. The SMILES string of the molecule is CC(C)(C)OC(=O)CCOCCOCCOCCOCCOCCNc1cccc2c1C(O)N(C1CCC(=O)NC1=O)C2=O. The third kappa shape index (κ3) is 11.4. The molecule has 0 radical (unpaired) electrons. The average molecular weight is 624 g/mol. The molecule has 2 aliphatic rings. The highest BCUT2D eigenvalue weighted by atomic mass is 16.6. The summed E-state index contributed by atoms with van der Waals surface area (Å²) < 4.78 is 32.5. The van der Waals surface area contributed by atoms with E-state index in [1.54, 1.807) is 18.2 Å². The molecule has 2 heterocycles. The number of aliphatic hydroxyl groups excluding tert-OH is 1. The van der Waals surface area contributed by atoms with E-state index in [9.17, 15) is 24.3 Å². The zero-order chi connectivity index (χ0) is 32.0. The van der Waals surface area contributed by atoms with Gasteiger partial charge in [-0.2, -0.15) is 0 Å². The van der Waals surface area contributed by atoms with Gasteiger partial charge in [-0.3, -0.25) is 29.4 Å². The zero-order valence-electron chi connectivity index (χ0n) is 25.8. The summed E-state index contributed by atoms with van der Waals surface area (Å²) in [6, 6.07) is 4.15. The second-order valence-corrected chi connectivity index (χ2v) is 11.1. The summed E-state index contributed by atoms with van der Waals surface area (Å²) in [7, 11) is 0. The number of nitrogens with zero attached hydrogens (tertiary/aromatic N) is 1. The van der Waals surface area contributed by atoms with Crippen molar-refractivity contribution in [1.82, 2.24) is 10.2 Å². The number of carbonyl (C=O) groups is 4. The Morgan fingerprint density at radius 1 is 0.909 bits per heavy atom. The van der Waals surface area contributed by atoms with Crippen molar-refractivity contribution in [3.63, 3.8) is 0 Å². The Bertz CT molecular complexity index is 1110. The molecule has 1 aromatic rings. The van der Waals surface area contributed by atoms with Crippen LogP contribution in [0.3, 0.4) is 0 Å². The Hall–Kier alpha value is -3.14. The molecular weight excluding hydrogens is 578 g/mol. The summed E-state index contributed by atoms with van der Waals surface area (Å²) in [5.41, 5.74) is 0.799. The number of rotatable bonds is 20. The van der Waals surface area contributed by atoms with Gasteiger partial charge in [0, 0.05) is 29.8 Å². The quantitative estimate of drug-likeness (QED) is 0.108. The molecule has 0 aromatic heterocycles. The first-order valence-electron chi connectivity index (χ1n) is 14.9. The van der Waals surface area contributed by atoms with Gasteiger partial charge in [0.1, 0.15) is 11.6 Å². The molecular formula is C30H45N3O11. The van der Waals surface area contributed by atoms with Crippen LogP contribution in [0.2, 0.25) is 0 Å². The van der Waals surface area contributed by atoms with E-state index in [1.165, 1.54) is 0 Å². The molecule has 14 nitrogen and oxygen atoms in total. The second kappa shape index (κ2) is 18.0. The Balaban J connectivity index is 1.16. The summed E-state index contributed by atoms with van der Waals surface area (Å²) in [5, 5.41) is 16.3. The van der Waals surface area contributed by atoms with Gasteiger partial charge in [0.2, 0.25) is 11.8 Å². The fourth-order valence-corrected chi connectivity index (χ4v) is 4.62. The third-order valence-corrected chi connectivity index (χ3v) is 6.56. The Morgan fingerprint density at radius 3 is 2.05 bits per heavy atom. The molecule has 2 unspecified atom stereocenters. The molecule has 3 N–H and O–H groups in total. The highest BCUT2D eigenvalue weighted by molar-refractivity contribution is 6.06. The Morgan fingerprint density at radius 2 is 1.48 bits per heavy atom. The molecule has 3 rings (SSSR count). The minimum absolute atomic E-state index is 0.107. The van der Waals surface area contributed by atoms with E-state index in [0.29, 0.717) is 89.4 Å². The first-order valence-corrected chi connectivity index (χ1v) is 14.9. The smallest absolute Gasteiger partial charge is 0.308 e. The van der Waals surface area contributed by atoms with Crippen LogP contribution in [0.5, 0.6) is 0 Å². The number of esters is 1. The number of amides is 3. The summed E-state index contributed by atoms with van der Waals surface area (Å²) in [4.78, 5) is 49.5. The van der Waals surface area contributed by atoms with Crippen molar-refractivity contribution < 1.29 is 52.7 Å². The second-order valence-electron chi connectivity index (χ2n) is 11.1. The van der Waals surface area contributed by atoms with Crippen LogP contribution in [0, 0.1) is 0 Å². The van der Waals surface area contributed by atoms with Gasteiger partial charge in [0.05, 0.1) is 72.5 Å². The van der Waals surface area contributed by atoms with Crippen molar-refractivity contribution in [1.29, 1.82) is 0 Å². The van der Waals surface area contributed by atoms with Gasteiger partial charge >= 0.3 is 5.97 Å². The van der Waals surface area contributed by atoms with Crippen LogP contribution in [-0.4, -0.2) is 118 Å². The molecule has 44 heavy (non-hydrogen) atoms. The highest BCUT2D eigenvalue weighted by Crippen LogP contribution is 2.39. The normalized spacial score (nSPS) is 18.4. The van der Waals surface area contributed by atoms with Gasteiger partial charge in [-0.1, -0.05) is 6.07 Å². The monoisotopic (exact) mass is 623 g/mol. The van der Waals surface area contributed by atoms with Crippen LogP contribution >= 0.6 is 0 Å². The lowest BCUT2D eigenvalue weighted by atomic mass is 10.0. The third-order valence-electron chi connectivity index (χ3n) is 6.56. The van der Waals surface area contributed by atoms with E-state index < -0.39 is 29.7 Å². The predicted molar refractivity (Wildman–Crippen MR) is 157 cm³/mol. The fourth-order valence-electron chi connectivity index (χ4n) is 4.62. The standard InChI is InChI=1S/C30H45N3O11/c1-30(2,3)44-25(35)9-11-39-13-15-41-17-19-43-20-18-42-16-14-40-12-10-31-22-6-4-5-21-26(22)29(38)33(28(21)37)23-7-8-24(34)32-27(23)36/h4-6,23,29,31,38H,7-20H2,1-3H3,(H,32,34,36). The van der Waals surface area contributed by atoms with Crippen LogP contribution in [0.4, 0.5) is 5.69 Å². The topological polar surface area (TPSA) is 171 Å². The molecule has 1 saturated heterocycles. The molecule has 2 aliphatic heterocycles. The van der Waals surface area contributed by atoms with E-state index in [1.807, 2.05) is 20.8 Å². The van der Waals surface area contributed by atoms with Crippen LogP contribution in [0.25, 0.3) is 0 Å². The number of hydrogen-bond donors (Lipinski definition) is 3. The summed E-state index contributed by atoms with van der Waals surface area (Å²) in [6.45, 7) is 9.83. The Kier molecular flexibility index (Phi) is 14.4. The van der Waals surface area contributed by atoms with Crippen molar-refractivity contribution in [2.45, 2.75) is 57.9 Å². The van der Waals surface area contributed by atoms with E-state index in [4.69, 9.17) is 28.4 Å². The molecule has 246 valence electrons. The van der Waals surface area contributed by atoms with Gasteiger partial charge in [-0.15, -0.1) is 0 Å². The number of aliphatic hydroxyl groups is 1. The lowest BCUT2D eigenvalue weighted by molar-refractivity contribution is -0.156. The number of imide groups is 1. The summed E-state index contributed by atoms with van der Waals surface area (Å²) in [6.07, 6.45) is -0.822. The van der Waals surface area contributed by atoms with E-state index in [2.05, 4.69) is 10.6 Å². The van der Waals surface area contributed by atoms with E-state index >= 15 is 0 Å². The summed E-state index contributed by atoms with van der Waals surface area (Å²) >= 11 is 0. The number of carbonyl (C=O) groups excluding carboxylic acids is 4. The molecule has 3 amide bonds. The molecule has 0 bridgehead atoms. The van der Waals surface area contributed by atoms with Gasteiger partial charge in [-0.05, 0) is 39.3 Å². The maximum absolute atomic E-state index is 13.0. The predicted octanol–water partition coefficient (Wildman–Crippen LogP) is 1.17. The molecule has 0 aliphatic carbocycles. The highest BCUT2D eigenvalue weighted by Gasteiger charge is 2.45. The van der Waals surface area contributed by atoms with Gasteiger partial charge in [-0.25, -0.2) is 0 Å². The number of fused-ring (bicyclic) bond motifs is 1. The number of ether oxygens (including phenoxy) is 6. The van der Waals surface area contributed by atoms with Crippen molar-refractivity contribution in [2.24, 2.45) is 0 Å². The minimum Gasteiger partial charge on any atom is -0.460 e. The zero-order valence-corrected chi connectivity index (χ0v) is 25.8. The van der Waals surface area contributed by atoms with Gasteiger partial charge in [0.15, 0.2) is 6.23 Å². The molecule has 0 saturated carbocycles. The Labute approximate surface area is 257 Å². The molecule has 14 heteroatoms. The number of hydrogen-bond acceptors (Lipinski definition) is 12. The van der Waals surface area contributed by atoms with E-state index in [0.717, 1.165) is 4.90 Å². The maximum atomic E-state index is 13.0. The number of benzene rings is 1. The molecule has 0 spiro atoms. The maximum Gasteiger partial charge on any atom is 0.308 e. The largest absolute Gasteiger partial charge is 0.460 e. The summed E-state index contributed by atoms with van der Waals surface area (Å²) in [5.74, 6) is -1.71. The number of anilines is 1. The first-order chi connectivity index (χ1) is 21.1. The molecule has 2 atom stereocenters. The molecule has 1 aromatic carbocycles. The van der Waals surface area contributed by atoms with Crippen LogP contribution in [-0.2, 0) is 42.8 Å². The first kappa shape index (κ1) is 35.3. The van der Waals surface area contributed by atoms with Crippen LogP contribution < -0.4 is 10.6 Å². The van der Waals surface area contributed by atoms with Crippen molar-refractivity contribution in [3.8, 4) is 0 Å². The van der Waals surface area contributed by atoms with Crippen LogP contribution in [0.1, 0.15) is 62.2 Å². The molecule has 1 fully saturated rings. The van der Waals surface area contributed by atoms with Gasteiger partial charge < -0.3 is 38.8 Å². The average Bonchev–Trinajstić information content (AvgIpc) is 3.21. The van der Waals surface area contributed by atoms with Crippen molar-refractivity contribution in [3.05, 3.63) is 29.3 Å². The van der Waals surface area contributed by atoms with E-state index in [-0.39, 0.29) is 31.1 Å². The fraction of sp³-hybridized carbons (Fsp3) is 0.667.